The van der Waals surface area contributed by atoms with Crippen molar-refractivity contribution in [3.63, 3.8) is 0 Å². The largest absolute Gasteiger partial charge is 0.316 e. The Morgan fingerprint density at radius 1 is 0.846 bits per heavy atom. The average molecular weight is 179 g/mol. The van der Waals surface area contributed by atoms with Gasteiger partial charge in [-0.1, -0.05) is 12.8 Å². The van der Waals surface area contributed by atoms with Gasteiger partial charge in [0.25, 0.3) is 0 Å². The first-order chi connectivity index (χ1) is 6.45. The Kier molecular flexibility index (Phi) is 2.08. The normalized spacial score (nSPS) is 42.9. The molecule has 13 heavy (non-hydrogen) atoms. The van der Waals surface area contributed by atoms with Gasteiger partial charge < -0.3 is 5.32 Å². The van der Waals surface area contributed by atoms with E-state index in [1.807, 2.05) is 0 Å². The SMILES string of the molecule is C1CCC2C(C1)C2CNCC1CC1. The van der Waals surface area contributed by atoms with Gasteiger partial charge in [0.1, 0.15) is 0 Å². The van der Waals surface area contributed by atoms with Gasteiger partial charge in [-0.05, 0) is 62.4 Å². The number of hydrogen-bond acceptors (Lipinski definition) is 1. The van der Waals surface area contributed by atoms with E-state index in [0.717, 1.165) is 23.7 Å². The van der Waals surface area contributed by atoms with E-state index in [1.54, 1.807) is 12.8 Å². The predicted molar refractivity (Wildman–Crippen MR) is 54.5 cm³/mol. The molecule has 1 heteroatoms. The zero-order valence-corrected chi connectivity index (χ0v) is 8.47. The maximum Gasteiger partial charge on any atom is -0.00149 e. The lowest BCUT2D eigenvalue weighted by Gasteiger charge is -2.04. The van der Waals surface area contributed by atoms with Crippen molar-refractivity contribution in [2.45, 2.75) is 38.5 Å². The summed E-state index contributed by atoms with van der Waals surface area (Å²) in [7, 11) is 0. The molecule has 0 radical (unpaired) electrons. The summed E-state index contributed by atoms with van der Waals surface area (Å²) in [6.07, 6.45) is 9.09. The van der Waals surface area contributed by atoms with Crippen LogP contribution in [0.4, 0.5) is 0 Å². The van der Waals surface area contributed by atoms with Crippen LogP contribution in [0.1, 0.15) is 38.5 Å². The van der Waals surface area contributed by atoms with Crippen molar-refractivity contribution < 1.29 is 0 Å². The van der Waals surface area contributed by atoms with Crippen LogP contribution in [0.15, 0.2) is 0 Å². The molecule has 0 aromatic rings. The van der Waals surface area contributed by atoms with E-state index in [0.29, 0.717) is 0 Å². The van der Waals surface area contributed by atoms with E-state index in [4.69, 9.17) is 0 Å². The Hall–Kier alpha value is -0.0400. The van der Waals surface area contributed by atoms with E-state index in [-0.39, 0.29) is 0 Å². The maximum absolute atomic E-state index is 3.67. The zero-order valence-electron chi connectivity index (χ0n) is 8.47. The van der Waals surface area contributed by atoms with Crippen LogP contribution in [-0.4, -0.2) is 13.1 Å². The third-order valence-electron chi connectivity index (χ3n) is 4.34. The van der Waals surface area contributed by atoms with Gasteiger partial charge in [-0.3, -0.25) is 0 Å². The van der Waals surface area contributed by atoms with Crippen molar-refractivity contribution >= 4 is 0 Å². The molecule has 1 N–H and O–H groups in total. The van der Waals surface area contributed by atoms with E-state index in [1.165, 1.54) is 38.8 Å². The summed E-state index contributed by atoms with van der Waals surface area (Å²) < 4.78 is 0. The fourth-order valence-electron chi connectivity index (χ4n) is 3.22. The van der Waals surface area contributed by atoms with Gasteiger partial charge in [0.05, 0.1) is 0 Å². The van der Waals surface area contributed by atoms with E-state index in [2.05, 4.69) is 5.32 Å². The van der Waals surface area contributed by atoms with Crippen LogP contribution in [0.2, 0.25) is 0 Å². The molecule has 3 aliphatic carbocycles. The van der Waals surface area contributed by atoms with Crippen LogP contribution in [-0.2, 0) is 0 Å². The highest BCUT2D eigenvalue weighted by Crippen LogP contribution is 2.54. The van der Waals surface area contributed by atoms with Crippen LogP contribution >= 0.6 is 0 Å². The molecule has 0 aliphatic heterocycles. The average Bonchev–Trinajstić information content (AvgIpc) is 3.02. The van der Waals surface area contributed by atoms with E-state index < -0.39 is 0 Å². The first-order valence-corrected chi connectivity index (χ1v) is 6.16. The second-order valence-corrected chi connectivity index (χ2v) is 5.38. The Bertz CT molecular complexity index is 174. The van der Waals surface area contributed by atoms with Crippen LogP contribution in [0.25, 0.3) is 0 Å². The molecule has 0 spiro atoms. The molecule has 3 saturated carbocycles. The van der Waals surface area contributed by atoms with Gasteiger partial charge in [-0.15, -0.1) is 0 Å². The molecule has 3 rings (SSSR count). The molecule has 0 aromatic carbocycles. The van der Waals surface area contributed by atoms with Crippen molar-refractivity contribution in [3.8, 4) is 0 Å². The molecule has 1 nitrogen and oxygen atoms in total. The van der Waals surface area contributed by atoms with Crippen molar-refractivity contribution in [2.24, 2.45) is 23.7 Å². The molecule has 74 valence electrons. The second kappa shape index (κ2) is 3.27. The van der Waals surface area contributed by atoms with Gasteiger partial charge in [-0.25, -0.2) is 0 Å². The Balaban J connectivity index is 1.37. The molecular formula is C12H21N. The molecule has 0 heterocycles. The summed E-state index contributed by atoms with van der Waals surface area (Å²) in [5.41, 5.74) is 0. The quantitative estimate of drug-likeness (QED) is 0.699. The second-order valence-electron chi connectivity index (χ2n) is 5.38. The molecular weight excluding hydrogens is 158 g/mol. The molecule has 3 aliphatic rings. The first kappa shape index (κ1) is 8.28. The summed E-state index contributed by atoms with van der Waals surface area (Å²) in [4.78, 5) is 0. The lowest BCUT2D eigenvalue weighted by molar-refractivity contribution is 0.480. The Labute approximate surface area is 81.3 Å². The minimum Gasteiger partial charge on any atom is -0.316 e. The summed E-state index contributed by atoms with van der Waals surface area (Å²) in [5.74, 6) is 4.42. The van der Waals surface area contributed by atoms with Crippen LogP contribution in [0.3, 0.4) is 0 Å². The minimum atomic E-state index is 1.06. The maximum atomic E-state index is 3.67. The smallest absolute Gasteiger partial charge is 0.00149 e. The lowest BCUT2D eigenvalue weighted by Crippen LogP contribution is -2.20. The molecule has 0 bridgehead atoms. The van der Waals surface area contributed by atoms with Crippen molar-refractivity contribution in [1.82, 2.24) is 5.32 Å². The van der Waals surface area contributed by atoms with Crippen LogP contribution in [0, 0.1) is 23.7 Å². The highest BCUT2D eigenvalue weighted by atomic mass is 14.9. The van der Waals surface area contributed by atoms with Gasteiger partial charge >= 0.3 is 0 Å². The van der Waals surface area contributed by atoms with Gasteiger partial charge in [0, 0.05) is 0 Å². The number of rotatable bonds is 4. The zero-order chi connectivity index (χ0) is 8.67. The summed E-state index contributed by atoms with van der Waals surface area (Å²) >= 11 is 0. The molecule has 0 aromatic heterocycles. The van der Waals surface area contributed by atoms with Gasteiger partial charge in [-0.2, -0.15) is 0 Å². The lowest BCUT2D eigenvalue weighted by atomic mass is 10.0. The summed E-state index contributed by atoms with van der Waals surface area (Å²) in [6, 6.07) is 0. The highest BCUT2D eigenvalue weighted by molar-refractivity contribution is 5.00. The van der Waals surface area contributed by atoms with E-state index >= 15 is 0 Å². The highest BCUT2D eigenvalue weighted by Gasteiger charge is 2.49. The Morgan fingerprint density at radius 2 is 1.54 bits per heavy atom. The number of nitrogens with one attached hydrogen (secondary N) is 1. The molecule has 0 amide bonds. The fraction of sp³-hybridized carbons (Fsp3) is 1.00. The van der Waals surface area contributed by atoms with Gasteiger partial charge in [0.15, 0.2) is 0 Å². The monoisotopic (exact) mass is 179 g/mol. The topological polar surface area (TPSA) is 12.0 Å². The van der Waals surface area contributed by atoms with Crippen molar-refractivity contribution in [3.05, 3.63) is 0 Å². The predicted octanol–water partition coefficient (Wildman–Crippen LogP) is 2.42. The van der Waals surface area contributed by atoms with E-state index in [9.17, 15) is 0 Å². The first-order valence-electron chi connectivity index (χ1n) is 6.16. The third-order valence-corrected chi connectivity index (χ3v) is 4.34. The number of hydrogen-bond donors (Lipinski definition) is 1. The van der Waals surface area contributed by atoms with Gasteiger partial charge in [0.2, 0.25) is 0 Å². The Morgan fingerprint density at radius 3 is 2.15 bits per heavy atom. The van der Waals surface area contributed by atoms with Crippen molar-refractivity contribution in [2.75, 3.05) is 13.1 Å². The molecule has 2 atom stereocenters. The number of fused-ring (bicyclic) bond motifs is 1. The summed E-state index contributed by atoms with van der Waals surface area (Å²) in [6.45, 7) is 2.65. The van der Waals surface area contributed by atoms with Crippen LogP contribution < -0.4 is 5.32 Å². The molecule has 3 fully saturated rings. The van der Waals surface area contributed by atoms with Crippen molar-refractivity contribution in [1.29, 1.82) is 0 Å². The standard InChI is InChI=1S/C12H21N/c1-2-4-11-10(3-1)12(11)8-13-7-9-5-6-9/h9-13H,1-8H2. The third kappa shape index (κ3) is 1.76. The van der Waals surface area contributed by atoms with Crippen LogP contribution in [0.5, 0.6) is 0 Å². The molecule has 2 unspecified atom stereocenters. The minimum absolute atomic E-state index is 1.06. The fourth-order valence-corrected chi connectivity index (χ4v) is 3.22. The molecule has 0 saturated heterocycles. The summed E-state index contributed by atoms with van der Waals surface area (Å²) in [5, 5.41) is 3.67.